The first-order chi connectivity index (χ1) is 8.00. The Morgan fingerprint density at radius 3 is 2.59 bits per heavy atom. The third kappa shape index (κ3) is 2.08. The van der Waals surface area contributed by atoms with Crippen molar-refractivity contribution in [1.29, 1.82) is 0 Å². The Bertz CT molecular complexity index is 570. The Hall–Kier alpha value is -1.68. The minimum atomic E-state index is -0.201. The number of aromatic nitrogens is 3. The Morgan fingerprint density at radius 2 is 2.06 bits per heavy atom. The largest absolute Gasteiger partial charge is 0.285 e. The highest BCUT2D eigenvalue weighted by Crippen LogP contribution is 2.19. The van der Waals surface area contributed by atoms with Gasteiger partial charge in [-0.3, -0.25) is 14.5 Å². The molecule has 0 saturated heterocycles. The molecule has 17 heavy (non-hydrogen) atoms. The molecule has 0 N–H and O–H groups in total. The van der Waals surface area contributed by atoms with Crippen molar-refractivity contribution in [3.05, 3.63) is 46.0 Å². The van der Waals surface area contributed by atoms with Gasteiger partial charge in [0.2, 0.25) is 5.78 Å². The molecule has 2 rings (SSSR count). The van der Waals surface area contributed by atoms with Crippen molar-refractivity contribution in [2.75, 3.05) is 0 Å². The molecular weight excluding hydrogens is 238 g/mol. The lowest BCUT2D eigenvalue weighted by Crippen LogP contribution is -2.12. The van der Waals surface area contributed by atoms with E-state index >= 15 is 0 Å². The summed E-state index contributed by atoms with van der Waals surface area (Å²) in [4.78, 5) is 16.4. The minimum absolute atomic E-state index is 0.201. The van der Waals surface area contributed by atoms with Crippen molar-refractivity contribution in [3.8, 4) is 0 Å². The number of pyridine rings is 1. The van der Waals surface area contributed by atoms with Crippen LogP contribution in [0.3, 0.4) is 0 Å². The quantitative estimate of drug-likeness (QED) is 0.768. The first-order valence-electron chi connectivity index (χ1n) is 5.16. The van der Waals surface area contributed by atoms with Crippen LogP contribution in [-0.2, 0) is 7.05 Å². The molecule has 0 atom stereocenters. The van der Waals surface area contributed by atoms with Gasteiger partial charge in [0, 0.05) is 13.2 Å². The van der Waals surface area contributed by atoms with E-state index in [0.29, 0.717) is 16.4 Å². The van der Waals surface area contributed by atoms with Gasteiger partial charge in [-0.25, -0.2) is 0 Å². The van der Waals surface area contributed by atoms with E-state index in [1.807, 2.05) is 19.9 Å². The first-order valence-corrected chi connectivity index (χ1v) is 5.54. The highest BCUT2D eigenvalue weighted by atomic mass is 35.5. The topological polar surface area (TPSA) is 47.8 Å². The molecule has 0 aliphatic carbocycles. The lowest BCUT2D eigenvalue weighted by atomic mass is 10.1. The summed E-state index contributed by atoms with van der Waals surface area (Å²) in [5.41, 5.74) is 2.65. The number of hydrogen-bond donors (Lipinski definition) is 0. The highest BCUT2D eigenvalue weighted by Gasteiger charge is 2.20. The summed E-state index contributed by atoms with van der Waals surface area (Å²) < 4.78 is 1.46. The van der Waals surface area contributed by atoms with Crippen LogP contribution in [0, 0.1) is 13.8 Å². The molecular formula is C12H12ClN3O. The second-order valence-electron chi connectivity index (χ2n) is 3.97. The summed E-state index contributed by atoms with van der Waals surface area (Å²) in [7, 11) is 1.68. The zero-order valence-corrected chi connectivity index (χ0v) is 10.6. The number of ketones is 1. The van der Waals surface area contributed by atoms with Gasteiger partial charge in [0.1, 0.15) is 11.4 Å². The number of halogens is 1. The first kappa shape index (κ1) is 11.8. The highest BCUT2D eigenvalue weighted by molar-refractivity contribution is 6.34. The zero-order chi connectivity index (χ0) is 12.6. The number of hydrogen-bond acceptors (Lipinski definition) is 3. The van der Waals surface area contributed by atoms with Crippen molar-refractivity contribution in [2.45, 2.75) is 13.8 Å². The third-order valence-electron chi connectivity index (χ3n) is 2.54. The van der Waals surface area contributed by atoms with Gasteiger partial charge in [-0.05, 0) is 25.0 Å². The summed E-state index contributed by atoms with van der Waals surface area (Å²) >= 11 is 5.94. The molecule has 0 spiro atoms. The van der Waals surface area contributed by atoms with Crippen LogP contribution in [0.5, 0.6) is 0 Å². The van der Waals surface area contributed by atoms with Crippen molar-refractivity contribution in [3.63, 3.8) is 0 Å². The molecule has 0 unspecified atom stereocenters. The lowest BCUT2D eigenvalue weighted by molar-refractivity contribution is 0.102. The number of carbonyl (C=O) groups excluding carboxylic acids is 1. The van der Waals surface area contributed by atoms with Gasteiger partial charge < -0.3 is 0 Å². The maximum absolute atomic E-state index is 12.3. The monoisotopic (exact) mass is 249 g/mol. The van der Waals surface area contributed by atoms with Crippen molar-refractivity contribution < 1.29 is 4.79 Å². The molecule has 0 amide bonds. The maximum Gasteiger partial charge on any atom is 0.231 e. The fourth-order valence-corrected chi connectivity index (χ4v) is 1.98. The second-order valence-corrected chi connectivity index (χ2v) is 4.38. The smallest absolute Gasteiger partial charge is 0.231 e. The summed E-state index contributed by atoms with van der Waals surface area (Å²) in [6.07, 6.45) is 3.13. The molecule has 0 radical (unpaired) electrons. The van der Waals surface area contributed by atoms with Gasteiger partial charge in [0.25, 0.3) is 0 Å². The van der Waals surface area contributed by atoms with Crippen LogP contribution >= 0.6 is 11.6 Å². The molecule has 0 saturated carbocycles. The third-order valence-corrected chi connectivity index (χ3v) is 2.82. The van der Waals surface area contributed by atoms with E-state index in [2.05, 4.69) is 10.1 Å². The average molecular weight is 250 g/mol. The number of nitrogens with zero attached hydrogens (tertiary/aromatic N) is 3. The summed E-state index contributed by atoms with van der Waals surface area (Å²) in [6.45, 7) is 3.79. The zero-order valence-electron chi connectivity index (χ0n) is 9.86. The Kier molecular flexibility index (Phi) is 2.98. The van der Waals surface area contributed by atoms with E-state index in [0.717, 1.165) is 11.1 Å². The minimum Gasteiger partial charge on any atom is -0.285 e. The van der Waals surface area contributed by atoms with E-state index in [1.54, 1.807) is 13.2 Å². The summed E-state index contributed by atoms with van der Waals surface area (Å²) in [5, 5.41) is 4.29. The number of aryl methyl sites for hydroxylation is 3. The predicted molar refractivity (Wildman–Crippen MR) is 65.4 cm³/mol. The van der Waals surface area contributed by atoms with Crippen LogP contribution in [0.25, 0.3) is 0 Å². The van der Waals surface area contributed by atoms with Crippen LogP contribution in [0.15, 0.2) is 18.5 Å². The lowest BCUT2D eigenvalue weighted by Gasteiger charge is -2.05. The van der Waals surface area contributed by atoms with Gasteiger partial charge in [0.05, 0.1) is 11.2 Å². The van der Waals surface area contributed by atoms with Crippen molar-refractivity contribution in [1.82, 2.24) is 14.8 Å². The van der Waals surface area contributed by atoms with Crippen molar-refractivity contribution in [2.24, 2.45) is 7.05 Å². The number of carbonyl (C=O) groups is 1. The number of rotatable bonds is 2. The molecule has 2 aromatic rings. The molecule has 5 heteroatoms. The fourth-order valence-electron chi connectivity index (χ4n) is 1.73. The van der Waals surface area contributed by atoms with Gasteiger partial charge in [-0.2, -0.15) is 5.10 Å². The Balaban J connectivity index is 2.51. The summed E-state index contributed by atoms with van der Waals surface area (Å²) in [6, 6.07) is 1.92. The van der Waals surface area contributed by atoms with Crippen LogP contribution in [0.4, 0.5) is 0 Å². The molecule has 2 aromatic heterocycles. The van der Waals surface area contributed by atoms with Crippen LogP contribution in [0.1, 0.15) is 27.3 Å². The molecule has 0 fully saturated rings. The van der Waals surface area contributed by atoms with E-state index in [9.17, 15) is 4.79 Å². The summed E-state index contributed by atoms with van der Waals surface area (Å²) in [5.74, 6) is -0.201. The molecule has 0 bridgehead atoms. The van der Waals surface area contributed by atoms with E-state index in [-0.39, 0.29) is 5.78 Å². The molecule has 0 aliphatic rings. The molecule has 4 nitrogen and oxygen atoms in total. The van der Waals surface area contributed by atoms with Crippen molar-refractivity contribution >= 4 is 17.4 Å². The maximum atomic E-state index is 12.3. The SMILES string of the molecule is Cc1cnc(C(=O)c2c(Cl)cnn2C)c(C)c1. The fraction of sp³-hybridized carbons (Fsp3) is 0.250. The molecule has 2 heterocycles. The second kappa shape index (κ2) is 4.30. The normalized spacial score (nSPS) is 10.6. The standard InChI is InChI=1S/C12H12ClN3O/c1-7-4-8(2)10(14-5-7)12(17)11-9(13)6-15-16(11)3/h4-6H,1-3H3. The van der Waals surface area contributed by atoms with E-state index < -0.39 is 0 Å². The Morgan fingerprint density at radius 1 is 1.35 bits per heavy atom. The molecule has 88 valence electrons. The average Bonchev–Trinajstić information content (AvgIpc) is 2.58. The predicted octanol–water partition coefficient (Wildman–Crippen LogP) is 2.32. The van der Waals surface area contributed by atoms with E-state index in [4.69, 9.17) is 11.6 Å². The van der Waals surface area contributed by atoms with E-state index in [1.165, 1.54) is 10.9 Å². The van der Waals surface area contributed by atoms with Gasteiger partial charge >= 0.3 is 0 Å². The van der Waals surface area contributed by atoms with Crippen LogP contribution < -0.4 is 0 Å². The van der Waals surface area contributed by atoms with Crippen LogP contribution in [0.2, 0.25) is 5.02 Å². The van der Waals surface area contributed by atoms with Gasteiger partial charge in [0.15, 0.2) is 0 Å². The molecule has 0 aliphatic heterocycles. The van der Waals surface area contributed by atoms with Gasteiger partial charge in [-0.1, -0.05) is 17.7 Å². The molecule has 0 aromatic carbocycles. The van der Waals surface area contributed by atoms with Gasteiger partial charge in [-0.15, -0.1) is 0 Å². The Labute approximate surface area is 104 Å². The van der Waals surface area contributed by atoms with Crippen LogP contribution in [-0.4, -0.2) is 20.5 Å².